The Balaban J connectivity index is 1.77. The largest absolute Gasteiger partial charge is 0.493 e. The van der Waals surface area contributed by atoms with Crippen molar-refractivity contribution >= 4 is 50.0 Å². The number of nitrogens with zero attached hydrogens (tertiary/aromatic N) is 1. The second kappa shape index (κ2) is 10.9. The van der Waals surface area contributed by atoms with Crippen molar-refractivity contribution in [2.75, 3.05) is 14.2 Å². The van der Waals surface area contributed by atoms with Gasteiger partial charge in [-0.2, -0.15) is 5.10 Å². The lowest BCUT2D eigenvalue weighted by atomic mass is 10.2. The molecule has 1 N–H and O–H groups in total. The topological polar surface area (TPSA) is 86.2 Å². The number of amides is 1. The van der Waals surface area contributed by atoms with Crippen molar-refractivity contribution in [3.63, 3.8) is 0 Å². The molecule has 7 nitrogen and oxygen atoms in total. The summed E-state index contributed by atoms with van der Waals surface area (Å²) < 4.78 is 17.5. The van der Waals surface area contributed by atoms with Crippen molar-refractivity contribution in [1.82, 2.24) is 5.43 Å². The highest BCUT2D eigenvalue weighted by molar-refractivity contribution is 9.10. The first-order valence-electron chi connectivity index (χ1n) is 9.24. The van der Waals surface area contributed by atoms with Crippen LogP contribution in [-0.2, 0) is 0 Å². The van der Waals surface area contributed by atoms with Gasteiger partial charge in [-0.05, 0) is 54.6 Å². The van der Waals surface area contributed by atoms with E-state index in [2.05, 4.69) is 42.4 Å². The fourth-order valence-electron chi connectivity index (χ4n) is 2.69. The van der Waals surface area contributed by atoms with Gasteiger partial charge in [0.25, 0.3) is 5.91 Å². The van der Waals surface area contributed by atoms with Crippen molar-refractivity contribution in [1.29, 1.82) is 0 Å². The van der Waals surface area contributed by atoms with E-state index < -0.39 is 5.97 Å². The summed E-state index contributed by atoms with van der Waals surface area (Å²) in [5.41, 5.74) is 3.68. The number of rotatable bonds is 7. The van der Waals surface area contributed by atoms with Gasteiger partial charge in [0.2, 0.25) is 0 Å². The van der Waals surface area contributed by atoms with Crippen LogP contribution in [0, 0.1) is 0 Å². The molecule has 0 atom stereocenters. The van der Waals surface area contributed by atoms with Gasteiger partial charge in [0, 0.05) is 20.1 Å². The average Bonchev–Trinajstić information content (AvgIpc) is 2.80. The lowest BCUT2D eigenvalue weighted by Crippen LogP contribution is -2.17. The number of benzene rings is 3. The molecule has 0 aromatic heterocycles. The molecule has 9 heteroatoms. The van der Waals surface area contributed by atoms with Crippen LogP contribution in [0.3, 0.4) is 0 Å². The van der Waals surface area contributed by atoms with Crippen LogP contribution in [0.5, 0.6) is 17.2 Å². The predicted octanol–water partition coefficient (Wildman–Crippen LogP) is 5.21. The molecule has 164 valence electrons. The molecule has 32 heavy (non-hydrogen) atoms. The van der Waals surface area contributed by atoms with E-state index in [1.54, 1.807) is 48.5 Å². The first kappa shape index (κ1) is 23.5. The minimum Gasteiger partial charge on any atom is -0.493 e. The molecule has 0 aliphatic rings. The fraction of sp³-hybridized carbons (Fsp3) is 0.0870. The first-order chi connectivity index (χ1) is 15.4. The highest BCUT2D eigenvalue weighted by Crippen LogP contribution is 2.29. The minimum atomic E-state index is -0.582. The first-order valence-corrected chi connectivity index (χ1v) is 10.8. The number of halogens is 2. The molecule has 0 saturated heterocycles. The third-order valence-electron chi connectivity index (χ3n) is 4.25. The van der Waals surface area contributed by atoms with Crippen molar-refractivity contribution in [2.24, 2.45) is 5.10 Å². The smallest absolute Gasteiger partial charge is 0.343 e. The van der Waals surface area contributed by atoms with Gasteiger partial charge in [0.1, 0.15) is 5.75 Å². The van der Waals surface area contributed by atoms with Gasteiger partial charge in [-0.15, -0.1) is 0 Å². The molecule has 1 amide bonds. The standard InChI is InChI=1S/C23H18Br2N2O5/c1-30-20-8-6-15(12-21(20)31-2)23(29)32-19-9-7-18(25)11-16(19)13-26-27-22(28)14-4-3-5-17(24)10-14/h3-13H,1-2H3,(H,27,28)/b26-13+. The number of hydrogen-bond donors (Lipinski definition) is 1. The second-order valence-electron chi connectivity index (χ2n) is 6.35. The van der Waals surface area contributed by atoms with E-state index >= 15 is 0 Å². The molecule has 0 bridgehead atoms. The summed E-state index contributed by atoms with van der Waals surface area (Å²) in [5.74, 6) is 0.229. The van der Waals surface area contributed by atoms with Crippen LogP contribution in [-0.4, -0.2) is 32.3 Å². The predicted molar refractivity (Wildman–Crippen MR) is 128 cm³/mol. The Morgan fingerprint density at radius 2 is 1.56 bits per heavy atom. The van der Waals surface area contributed by atoms with E-state index in [9.17, 15) is 9.59 Å². The SMILES string of the molecule is COc1ccc(C(=O)Oc2ccc(Br)cc2/C=N/NC(=O)c2cccc(Br)c2)cc1OC. The number of methoxy groups -OCH3 is 2. The van der Waals surface area contributed by atoms with Gasteiger partial charge >= 0.3 is 5.97 Å². The zero-order valence-electron chi connectivity index (χ0n) is 17.1. The molecule has 0 unspecified atom stereocenters. The molecular formula is C23H18Br2N2O5. The van der Waals surface area contributed by atoms with Gasteiger partial charge in [-0.3, -0.25) is 4.79 Å². The number of nitrogens with one attached hydrogen (secondary N) is 1. The van der Waals surface area contributed by atoms with E-state index in [1.165, 1.54) is 26.5 Å². The summed E-state index contributed by atoms with van der Waals surface area (Å²) in [5, 5.41) is 3.99. The summed E-state index contributed by atoms with van der Waals surface area (Å²) in [6, 6.07) is 16.7. The van der Waals surface area contributed by atoms with Gasteiger partial charge in [0.15, 0.2) is 11.5 Å². The van der Waals surface area contributed by atoms with Crippen LogP contribution in [0.1, 0.15) is 26.3 Å². The maximum Gasteiger partial charge on any atom is 0.343 e. The molecule has 0 saturated carbocycles. The summed E-state index contributed by atoms with van der Waals surface area (Å²) in [6.45, 7) is 0. The van der Waals surface area contributed by atoms with Crippen LogP contribution < -0.4 is 19.6 Å². The summed E-state index contributed by atoms with van der Waals surface area (Å²) in [4.78, 5) is 24.9. The highest BCUT2D eigenvalue weighted by atomic mass is 79.9. The van der Waals surface area contributed by atoms with Crippen molar-refractivity contribution in [3.05, 3.63) is 86.3 Å². The Kier molecular flexibility index (Phi) is 8.02. The monoisotopic (exact) mass is 560 g/mol. The fourth-order valence-corrected chi connectivity index (χ4v) is 3.47. The van der Waals surface area contributed by atoms with E-state index in [4.69, 9.17) is 14.2 Å². The van der Waals surface area contributed by atoms with Crippen LogP contribution in [0.15, 0.2) is 74.7 Å². The molecular weight excluding hydrogens is 544 g/mol. The van der Waals surface area contributed by atoms with E-state index in [1.807, 2.05) is 6.07 Å². The molecule has 0 aliphatic heterocycles. The maximum absolute atomic E-state index is 12.7. The van der Waals surface area contributed by atoms with Crippen LogP contribution in [0.4, 0.5) is 0 Å². The summed E-state index contributed by atoms with van der Waals surface area (Å²) in [6.07, 6.45) is 1.40. The molecule has 0 spiro atoms. The number of carbonyl (C=O) groups excluding carboxylic acids is 2. The molecule has 0 fully saturated rings. The number of hydrogen-bond acceptors (Lipinski definition) is 6. The highest BCUT2D eigenvalue weighted by Gasteiger charge is 2.15. The normalized spacial score (nSPS) is 10.6. The Labute approximate surface area is 201 Å². The third-order valence-corrected chi connectivity index (χ3v) is 5.24. The van der Waals surface area contributed by atoms with Crippen molar-refractivity contribution in [2.45, 2.75) is 0 Å². The Hall–Kier alpha value is -3.17. The molecule has 3 rings (SSSR count). The molecule has 3 aromatic carbocycles. The second-order valence-corrected chi connectivity index (χ2v) is 8.18. The Bertz CT molecular complexity index is 1180. The number of esters is 1. The van der Waals surface area contributed by atoms with E-state index in [0.29, 0.717) is 22.6 Å². The van der Waals surface area contributed by atoms with Gasteiger partial charge in [-0.1, -0.05) is 37.9 Å². The third kappa shape index (κ3) is 5.95. The maximum atomic E-state index is 12.7. The van der Waals surface area contributed by atoms with E-state index in [-0.39, 0.29) is 17.2 Å². The zero-order valence-corrected chi connectivity index (χ0v) is 20.3. The minimum absolute atomic E-state index is 0.272. The van der Waals surface area contributed by atoms with Crippen LogP contribution in [0.25, 0.3) is 0 Å². The Morgan fingerprint density at radius 1 is 0.844 bits per heavy atom. The number of carbonyl (C=O) groups is 2. The van der Waals surface area contributed by atoms with Crippen LogP contribution in [0.2, 0.25) is 0 Å². The summed E-state index contributed by atoms with van der Waals surface area (Å²) >= 11 is 6.71. The van der Waals surface area contributed by atoms with Crippen molar-refractivity contribution in [3.8, 4) is 17.2 Å². The van der Waals surface area contributed by atoms with E-state index in [0.717, 1.165) is 8.95 Å². The van der Waals surface area contributed by atoms with Crippen molar-refractivity contribution < 1.29 is 23.8 Å². The zero-order chi connectivity index (χ0) is 23.1. The quantitative estimate of drug-likeness (QED) is 0.185. The molecule has 0 radical (unpaired) electrons. The average molecular weight is 562 g/mol. The van der Waals surface area contributed by atoms with Gasteiger partial charge < -0.3 is 14.2 Å². The molecule has 0 aliphatic carbocycles. The molecule has 0 heterocycles. The number of ether oxygens (including phenoxy) is 3. The van der Waals surface area contributed by atoms with Gasteiger partial charge in [0.05, 0.1) is 26.0 Å². The molecule has 3 aromatic rings. The van der Waals surface area contributed by atoms with Crippen LogP contribution >= 0.6 is 31.9 Å². The Morgan fingerprint density at radius 3 is 2.28 bits per heavy atom. The van der Waals surface area contributed by atoms with Gasteiger partial charge in [-0.25, -0.2) is 10.2 Å². The lowest BCUT2D eigenvalue weighted by molar-refractivity contribution is 0.0733. The lowest BCUT2D eigenvalue weighted by Gasteiger charge is -2.11. The summed E-state index contributed by atoms with van der Waals surface area (Å²) in [7, 11) is 3.00. The number of hydrazone groups is 1.